The van der Waals surface area contributed by atoms with E-state index in [1.54, 1.807) is 0 Å². The van der Waals surface area contributed by atoms with Gasteiger partial charge in [-0.05, 0) is 12.5 Å². The molecule has 1 aromatic carbocycles. The molecule has 82 valence electrons. The van der Waals surface area contributed by atoms with Crippen LogP contribution >= 0.6 is 0 Å². The average molecular weight is 205 g/mol. The molecule has 2 rings (SSSR count). The maximum Gasteiger partial charge on any atom is 0.0512 e. The lowest BCUT2D eigenvalue weighted by atomic mass is 9.89. The van der Waals surface area contributed by atoms with Crippen molar-refractivity contribution >= 4 is 0 Å². The van der Waals surface area contributed by atoms with Gasteiger partial charge in [0.2, 0.25) is 0 Å². The third kappa shape index (κ3) is 2.58. The van der Waals surface area contributed by atoms with Gasteiger partial charge in [0.05, 0.1) is 6.61 Å². The molecule has 0 spiro atoms. The number of nitrogens with one attached hydrogen (secondary N) is 1. The van der Waals surface area contributed by atoms with E-state index in [-0.39, 0.29) is 0 Å². The van der Waals surface area contributed by atoms with Crippen molar-refractivity contribution in [2.75, 3.05) is 26.3 Å². The van der Waals surface area contributed by atoms with Crippen LogP contribution in [-0.4, -0.2) is 26.3 Å². The average Bonchev–Trinajstić information content (AvgIpc) is 2.75. The third-order valence-electron chi connectivity index (χ3n) is 3.10. The summed E-state index contributed by atoms with van der Waals surface area (Å²) < 4.78 is 5.53. The van der Waals surface area contributed by atoms with Crippen LogP contribution < -0.4 is 5.32 Å². The summed E-state index contributed by atoms with van der Waals surface area (Å²) in [5, 5.41) is 3.45. The van der Waals surface area contributed by atoms with Crippen molar-refractivity contribution in [2.45, 2.75) is 12.8 Å². The van der Waals surface area contributed by atoms with Gasteiger partial charge in [0, 0.05) is 31.5 Å². The zero-order chi connectivity index (χ0) is 10.5. The van der Waals surface area contributed by atoms with E-state index in [1.165, 1.54) is 5.56 Å². The fourth-order valence-corrected chi connectivity index (χ4v) is 2.27. The van der Waals surface area contributed by atoms with Crippen molar-refractivity contribution in [3.63, 3.8) is 0 Å². The number of rotatable bonds is 4. The molecule has 0 aliphatic carbocycles. The van der Waals surface area contributed by atoms with Crippen LogP contribution in [0.5, 0.6) is 0 Å². The van der Waals surface area contributed by atoms with Gasteiger partial charge < -0.3 is 10.1 Å². The number of benzene rings is 1. The highest BCUT2D eigenvalue weighted by Gasteiger charge is 2.27. The van der Waals surface area contributed by atoms with Gasteiger partial charge in [-0.3, -0.25) is 0 Å². The van der Waals surface area contributed by atoms with Gasteiger partial charge >= 0.3 is 0 Å². The van der Waals surface area contributed by atoms with E-state index in [9.17, 15) is 0 Å². The Morgan fingerprint density at radius 2 is 2.07 bits per heavy atom. The highest BCUT2D eigenvalue weighted by Crippen LogP contribution is 2.27. The molecule has 1 N–H and O–H groups in total. The minimum Gasteiger partial charge on any atom is -0.381 e. The van der Waals surface area contributed by atoms with Crippen molar-refractivity contribution in [2.24, 2.45) is 5.92 Å². The molecule has 1 saturated heterocycles. The molecule has 2 nitrogen and oxygen atoms in total. The van der Waals surface area contributed by atoms with Gasteiger partial charge in [0.25, 0.3) is 0 Å². The Morgan fingerprint density at radius 1 is 1.27 bits per heavy atom. The second kappa shape index (κ2) is 5.29. The minimum atomic E-state index is 0.623. The number of ether oxygens (including phenoxy) is 1. The molecular formula is C13H19NO. The first-order chi connectivity index (χ1) is 7.42. The zero-order valence-corrected chi connectivity index (χ0v) is 9.28. The molecule has 1 aliphatic heterocycles. The van der Waals surface area contributed by atoms with Crippen LogP contribution in [0.4, 0.5) is 0 Å². The molecule has 1 fully saturated rings. The van der Waals surface area contributed by atoms with Crippen LogP contribution in [0, 0.1) is 5.92 Å². The van der Waals surface area contributed by atoms with Gasteiger partial charge in [-0.25, -0.2) is 0 Å². The van der Waals surface area contributed by atoms with Gasteiger partial charge in [0.1, 0.15) is 0 Å². The lowest BCUT2D eigenvalue weighted by Crippen LogP contribution is -2.17. The Hall–Kier alpha value is -0.860. The third-order valence-corrected chi connectivity index (χ3v) is 3.10. The highest BCUT2D eigenvalue weighted by molar-refractivity contribution is 5.22. The number of hydrogen-bond donors (Lipinski definition) is 1. The molecule has 15 heavy (non-hydrogen) atoms. The standard InChI is InChI=1S/C13H19NO/c1-2-15-10-12-8-14-9-13(12)11-6-4-3-5-7-11/h3-7,12-14H,2,8-10H2,1H3/t12-,13-/m1/s1. The molecule has 0 unspecified atom stereocenters. The second-order valence-corrected chi connectivity index (χ2v) is 4.09. The first kappa shape index (κ1) is 10.7. The van der Waals surface area contributed by atoms with E-state index in [0.29, 0.717) is 11.8 Å². The molecule has 0 bridgehead atoms. The van der Waals surface area contributed by atoms with Gasteiger partial charge in [-0.1, -0.05) is 30.3 Å². The molecule has 0 radical (unpaired) electrons. The Kier molecular flexibility index (Phi) is 3.75. The van der Waals surface area contributed by atoms with E-state index in [0.717, 1.165) is 26.3 Å². The summed E-state index contributed by atoms with van der Waals surface area (Å²) in [7, 11) is 0. The van der Waals surface area contributed by atoms with Crippen molar-refractivity contribution in [3.05, 3.63) is 35.9 Å². The molecular weight excluding hydrogens is 186 g/mol. The van der Waals surface area contributed by atoms with Crippen molar-refractivity contribution in [1.29, 1.82) is 0 Å². The van der Waals surface area contributed by atoms with Crippen LogP contribution in [0.25, 0.3) is 0 Å². The molecule has 2 heteroatoms. The maximum absolute atomic E-state index is 5.53. The van der Waals surface area contributed by atoms with E-state index in [1.807, 2.05) is 0 Å². The predicted molar refractivity (Wildman–Crippen MR) is 62.0 cm³/mol. The summed E-state index contributed by atoms with van der Waals surface area (Å²) in [6.07, 6.45) is 0. The fraction of sp³-hybridized carbons (Fsp3) is 0.538. The summed E-state index contributed by atoms with van der Waals surface area (Å²) in [6.45, 7) is 5.92. The predicted octanol–water partition coefficient (Wildman–Crippen LogP) is 2.03. The second-order valence-electron chi connectivity index (χ2n) is 4.09. The summed E-state index contributed by atoms with van der Waals surface area (Å²) in [6, 6.07) is 10.7. The van der Waals surface area contributed by atoms with Crippen molar-refractivity contribution < 1.29 is 4.74 Å². The van der Waals surface area contributed by atoms with Crippen LogP contribution in [0.2, 0.25) is 0 Å². The molecule has 0 amide bonds. The first-order valence-corrected chi connectivity index (χ1v) is 5.75. The molecule has 1 aromatic rings. The van der Waals surface area contributed by atoms with Crippen LogP contribution in [0.15, 0.2) is 30.3 Å². The van der Waals surface area contributed by atoms with E-state index < -0.39 is 0 Å². The molecule has 0 aromatic heterocycles. The lowest BCUT2D eigenvalue weighted by Gasteiger charge is -2.18. The highest BCUT2D eigenvalue weighted by atomic mass is 16.5. The monoisotopic (exact) mass is 205 g/mol. The smallest absolute Gasteiger partial charge is 0.0512 e. The maximum atomic E-state index is 5.53. The Labute approximate surface area is 91.6 Å². The van der Waals surface area contributed by atoms with Crippen LogP contribution in [-0.2, 0) is 4.74 Å². The van der Waals surface area contributed by atoms with Gasteiger partial charge in [-0.15, -0.1) is 0 Å². The summed E-state index contributed by atoms with van der Waals surface area (Å²) in [5.74, 6) is 1.25. The first-order valence-electron chi connectivity index (χ1n) is 5.75. The molecule has 1 heterocycles. The normalized spacial score (nSPS) is 25.7. The Bertz CT molecular complexity index is 286. The van der Waals surface area contributed by atoms with Gasteiger partial charge in [0.15, 0.2) is 0 Å². The van der Waals surface area contributed by atoms with E-state index in [4.69, 9.17) is 4.74 Å². The molecule has 2 atom stereocenters. The summed E-state index contributed by atoms with van der Waals surface area (Å²) in [4.78, 5) is 0. The molecule has 0 saturated carbocycles. The Balaban J connectivity index is 2.01. The fourth-order valence-electron chi connectivity index (χ4n) is 2.27. The summed E-state index contributed by atoms with van der Waals surface area (Å²) >= 11 is 0. The molecule has 1 aliphatic rings. The van der Waals surface area contributed by atoms with Crippen molar-refractivity contribution in [1.82, 2.24) is 5.32 Å². The lowest BCUT2D eigenvalue weighted by molar-refractivity contribution is 0.111. The zero-order valence-electron chi connectivity index (χ0n) is 9.28. The van der Waals surface area contributed by atoms with Crippen molar-refractivity contribution in [3.8, 4) is 0 Å². The largest absolute Gasteiger partial charge is 0.381 e. The minimum absolute atomic E-state index is 0.623. The Morgan fingerprint density at radius 3 is 2.80 bits per heavy atom. The van der Waals surface area contributed by atoms with E-state index >= 15 is 0 Å². The van der Waals surface area contributed by atoms with E-state index in [2.05, 4.69) is 42.6 Å². The quantitative estimate of drug-likeness (QED) is 0.812. The van der Waals surface area contributed by atoms with Crippen LogP contribution in [0.1, 0.15) is 18.4 Å². The number of hydrogen-bond acceptors (Lipinski definition) is 2. The van der Waals surface area contributed by atoms with Crippen LogP contribution in [0.3, 0.4) is 0 Å². The van der Waals surface area contributed by atoms with Gasteiger partial charge in [-0.2, -0.15) is 0 Å². The topological polar surface area (TPSA) is 21.3 Å². The summed E-state index contributed by atoms with van der Waals surface area (Å²) in [5.41, 5.74) is 1.44. The SMILES string of the molecule is CCOC[C@H]1CNC[C@@H]1c1ccccc1.